The Bertz CT molecular complexity index is 848. The summed E-state index contributed by atoms with van der Waals surface area (Å²) in [4.78, 5) is 37.4. The smallest absolute Gasteiger partial charge is 0.382 e. The molecule has 0 radical (unpaired) electrons. The highest BCUT2D eigenvalue weighted by Gasteiger charge is 2.31. The Balaban J connectivity index is 1.91. The fraction of sp³-hybridized carbons (Fsp3) is 0.609. The number of hydrogen-bond donors (Lipinski definition) is 5. The minimum absolute atomic E-state index is 0.0481. The molecule has 1 saturated carbocycles. The lowest BCUT2D eigenvalue weighted by atomic mass is 9.84. The maximum absolute atomic E-state index is 12.7. The molecule has 0 heterocycles. The Morgan fingerprint density at radius 3 is 2.26 bits per heavy atom. The summed E-state index contributed by atoms with van der Waals surface area (Å²) in [5.74, 6) is -1.48. The number of carbonyl (C=O) groups is 3. The number of benzene rings is 1. The van der Waals surface area contributed by atoms with Crippen molar-refractivity contribution in [2.24, 2.45) is 11.7 Å². The van der Waals surface area contributed by atoms with Crippen LogP contribution in [0.15, 0.2) is 24.3 Å². The van der Waals surface area contributed by atoms with Gasteiger partial charge in [0.25, 0.3) is 17.7 Å². The zero-order valence-electron chi connectivity index (χ0n) is 19.6. The summed E-state index contributed by atoms with van der Waals surface area (Å²) in [5.41, 5.74) is 9.38. The van der Waals surface area contributed by atoms with Gasteiger partial charge in [-0.3, -0.25) is 25.2 Å². The van der Waals surface area contributed by atoms with E-state index in [0.29, 0.717) is 18.1 Å². The van der Waals surface area contributed by atoms with Crippen molar-refractivity contribution < 1.29 is 32.7 Å². The monoisotopic (exact) mass is 518 g/mol. The second kappa shape index (κ2) is 13.7. The van der Waals surface area contributed by atoms with Gasteiger partial charge in [0.15, 0.2) is 0 Å². The van der Waals surface area contributed by atoms with Crippen molar-refractivity contribution in [2.45, 2.75) is 69.3 Å². The number of halogens is 3. The van der Waals surface area contributed by atoms with Crippen LogP contribution in [0.3, 0.4) is 0 Å². The van der Waals surface area contributed by atoms with E-state index in [0.717, 1.165) is 49.9 Å². The molecule has 1 aliphatic carbocycles. The molecule has 6 N–H and O–H groups in total. The number of hydrazine groups is 1. The van der Waals surface area contributed by atoms with Gasteiger partial charge in [-0.05, 0) is 55.0 Å². The predicted octanol–water partition coefficient (Wildman–Crippen LogP) is 2.36. The summed E-state index contributed by atoms with van der Waals surface area (Å²) in [6.07, 6.45) is 1.87. The van der Waals surface area contributed by atoms with Gasteiger partial charge < -0.3 is 16.2 Å². The number of rotatable bonds is 10. The number of aliphatic hydroxyl groups is 1. The quantitative estimate of drug-likeness (QED) is 0.302. The predicted molar refractivity (Wildman–Crippen MR) is 127 cm³/mol. The van der Waals surface area contributed by atoms with Crippen LogP contribution in [-0.4, -0.2) is 53.0 Å². The third-order valence-electron chi connectivity index (χ3n) is 6.02. The lowest BCUT2D eigenvalue weighted by Crippen LogP contribution is -2.56. The zero-order valence-corrected chi connectivity index (χ0v) is 20.4. The average molecular weight is 519 g/mol. The van der Waals surface area contributed by atoms with Crippen molar-refractivity contribution in [3.05, 3.63) is 35.4 Å². The standard InChI is InChI=1S/C23H33F3N4O4S/c1-35-12-11-18(28-20(32)15-7-9-16(10-8-15)23(24,25)26)21(33)29-30-22(34)19(31)17(27)13-14-5-3-2-4-6-14/h7-10,14,17-19,31H,2-6,11-13,27H2,1H3,(H,28,32)(H,29,33)(H,30,34)/t17-,18-,19?/m1/s1. The van der Waals surface area contributed by atoms with E-state index in [4.69, 9.17) is 5.73 Å². The van der Waals surface area contributed by atoms with E-state index < -0.39 is 47.6 Å². The van der Waals surface area contributed by atoms with Crippen LogP contribution in [0.25, 0.3) is 0 Å². The van der Waals surface area contributed by atoms with E-state index in [2.05, 4.69) is 16.2 Å². The summed E-state index contributed by atoms with van der Waals surface area (Å²) in [6.45, 7) is 0. The molecule has 0 spiro atoms. The Morgan fingerprint density at radius 1 is 1.09 bits per heavy atom. The number of hydrogen-bond acceptors (Lipinski definition) is 6. The van der Waals surface area contributed by atoms with Crippen molar-refractivity contribution in [1.82, 2.24) is 16.2 Å². The summed E-state index contributed by atoms with van der Waals surface area (Å²) >= 11 is 1.42. The van der Waals surface area contributed by atoms with Gasteiger partial charge in [-0.15, -0.1) is 0 Å². The highest BCUT2D eigenvalue weighted by Crippen LogP contribution is 2.29. The number of alkyl halides is 3. The van der Waals surface area contributed by atoms with Gasteiger partial charge in [0, 0.05) is 11.6 Å². The van der Waals surface area contributed by atoms with E-state index in [1.807, 2.05) is 0 Å². The zero-order chi connectivity index (χ0) is 26.0. The second-order valence-corrected chi connectivity index (χ2v) is 9.70. The van der Waals surface area contributed by atoms with Crippen LogP contribution in [0.2, 0.25) is 0 Å². The molecule has 2 rings (SSSR count). The Morgan fingerprint density at radius 2 is 1.69 bits per heavy atom. The molecule has 12 heteroatoms. The van der Waals surface area contributed by atoms with Gasteiger partial charge >= 0.3 is 6.18 Å². The van der Waals surface area contributed by atoms with Gasteiger partial charge in [-0.2, -0.15) is 24.9 Å². The van der Waals surface area contributed by atoms with Crippen LogP contribution >= 0.6 is 11.8 Å². The first-order valence-corrected chi connectivity index (χ1v) is 12.9. The molecule has 1 aliphatic rings. The summed E-state index contributed by atoms with van der Waals surface area (Å²) in [6, 6.07) is 1.77. The van der Waals surface area contributed by atoms with Gasteiger partial charge in [0.1, 0.15) is 12.1 Å². The molecule has 1 unspecified atom stereocenters. The normalized spacial score (nSPS) is 17.2. The second-order valence-electron chi connectivity index (χ2n) is 8.71. The first kappa shape index (κ1) is 28.9. The molecule has 3 atom stereocenters. The molecule has 1 aromatic carbocycles. The molecule has 196 valence electrons. The molecule has 3 amide bonds. The molecule has 1 fully saturated rings. The third kappa shape index (κ3) is 9.34. The molecule has 1 aromatic rings. The van der Waals surface area contributed by atoms with Crippen LogP contribution in [0.5, 0.6) is 0 Å². The number of carbonyl (C=O) groups excluding carboxylic acids is 3. The van der Waals surface area contributed by atoms with Gasteiger partial charge in [-0.1, -0.05) is 32.1 Å². The van der Waals surface area contributed by atoms with Crippen molar-refractivity contribution in [1.29, 1.82) is 0 Å². The van der Waals surface area contributed by atoms with Crippen molar-refractivity contribution in [2.75, 3.05) is 12.0 Å². The lowest BCUT2D eigenvalue weighted by molar-refractivity contribution is -0.137. The van der Waals surface area contributed by atoms with Crippen LogP contribution in [0, 0.1) is 5.92 Å². The average Bonchev–Trinajstić information content (AvgIpc) is 2.84. The van der Waals surface area contributed by atoms with Crippen molar-refractivity contribution >= 4 is 29.5 Å². The van der Waals surface area contributed by atoms with E-state index in [1.165, 1.54) is 18.2 Å². The van der Waals surface area contributed by atoms with E-state index in [1.54, 1.807) is 6.26 Å². The maximum Gasteiger partial charge on any atom is 0.416 e. The Kier molecular flexibility index (Phi) is 11.3. The van der Waals surface area contributed by atoms with Crippen LogP contribution in [0.4, 0.5) is 13.2 Å². The van der Waals surface area contributed by atoms with Crippen LogP contribution < -0.4 is 21.9 Å². The molecule has 0 saturated heterocycles. The number of aliphatic hydroxyl groups excluding tert-OH is 1. The molecular formula is C23H33F3N4O4S. The van der Waals surface area contributed by atoms with Gasteiger partial charge in [0.05, 0.1) is 5.56 Å². The highest BCUT2D eigenvalue weighted by molar-refractivity contribution is 7.98. The molecule has 0 aromatic heterocycles. The summed E-state index contributed by atoms with van der Waals surface area (Å²) in [7, 11) is 0. The first-order chi connectivity index (χ1) is 16.5. The SMILES string of the molecule is CSCC[C@@H](NC(=O)c1ccc(C(F)(F)F)cc1)C(=O)NNC(=O)C(O)[C@H](N)CC1CCCCC1. The highest BCUT2D eigenvalue weighted by atomic mass is 32.2. The minimum Gasteiger partial charge on any atom is -0.382 e. The summed E-state index contributed by atoms with van der Waals surface area (Å²) in [5, 5.41) is 12.7. The summed E-state index contributed by atoms with van der Waals surface area (Å²) < 4.78 is 38.2. The van der Waals surface area contributed by atoms with Crippen LogP contribution in [0.1, 0.15) is 60.9 Å². The minimum atomic E-state index is -4.53. The molecule has 35 heavy (non-hydrogen) atoms. The maximum atomic E-state index is 12.7. The molecular weight excluding hydrogens is 485 g/mol. The van der Waals surface area contributed by atoms with Gasteiger partial charge in [-0.25, -0.2) is 0 Å². The number of nitrogens with one attached hydrogen (secondary N) is 3. The number of nitrogens with two attached hydrogens (primary N) is 1. The van der Waals surface area contributed by atoms with E-state index in [-0.39, 0.29) is 12.0 Å². The fourth-order valence-corrected chi connectivity index (χ4v) is 4.44. The van der Waals surface area contributed by atoms with E-state index >= 15 is 0 Å². The number of thioether (sulfide) groups is 1. The lowest BCUT2D eigenvalue weighted by Gasteiger charge is -2.26. The fourth-order valence-electron chi connectivity index (χ4n) is 3.97. The first-order valence-electron chi connectivity index (χ1n) is 11.5. The molecule has 0 aliphatic heterocycles. The topological polar surface area (TPSA) is 134 Å². The van der Waals surface area contributed by atoms with E-state index in [9.17, 15) is 32.7 Å². The largest absolute Gasteiger partial charge is 0.416 e. The van der Waals surface area contributed by atoms with Crippen molar-refractivity contribution in [3.8, 4) is 0 Å². The Hall–Kier alpha value is -2.31. The number of amides is 3. The Labute approximate surface area is 206 Å². The molecule has 8 nitrogen and oxygen atoms in total. The van der Waals surface area contributed by atoms with Crippen LogP contribution in [-0.2, 0) is 15.8 Å². The molecule has 0 bridgehead atoms. The van der Waals surface area contributed by atoms with Gasteiger partial charge in [0.2, 0.25) is 0 Å². The third-order valence-corrected chi connectivity index (χ3v) is 6.66. The van der Waals surface area contributed by atoms with Crippen molar-refractivity contribution in [3.63, 3.8) is 0 Å².